The molecule has 142 valence electrons. The van der Waals surface area contributed by atoms with Crippen molar-refractivity contribution in [1.82, 2.24) is 4.57 Å². The van der Waals surface area contributed by atoms with E-state index in [2.05, 4.69) is 0 Å². The molecule has 2 aromatic carbocycles. The first-order valence-electron chi connectivity index (χ1n) is 8.29. The van der Waals surface area contributed by atoms with Gasteiger partial charge in [0.15, 0.2) is 0 Å². The van der Waals surface area contributed by atoms with E-state index in [1.165, 1.54) is 0 Å². The minimum absolute atomic E-state index is 0.0781. The lowest BCUT2D eigenvalue weighted by atomic mass is 10.0. The number of nitrogens with zero attached hydrogens (tertiary/aromatic N) is 1. The molecule has 0 atom stereocenters. The van der Waals surface area contributed by atoms with Gasteiger partial charge in [-0.15, -0.1) is 0 Å². The fourth-order valence-electron chi connectivity index (χ4n) is 2.86. The van der Waals surface area contributed by atoms with Crippen LogP contribution < -0.4 is 5.73 Å². The van der Waals surface area contributed by atoms with Crippen molar-refractivity contribution in [2.75, 3.05) is 5.73 Å². The number of nitrogens with two attached hydrogens (primary N) is 1. The number of alkyl halides is 2. The molecular weight excluding hydrogens is 357 g/mol. The first kappa shape index (κ1) is 18.8. The molecular formula is C20H19F3N2O2. The summed E-state index contributed by atoms with van der Waals surface area (Å²) in [7, 11) is 0. The van der Waals surface area contributed by atoms with Crippen LogP contribution in [0.15, 0.2) is 42.5 Å². The molecule has 0 fully saturated rings. The Morgan fingerprint density at radius 1 is 1.11 bits per heavy atom. The lowest BCUT2D eigenvalue weighted by molar-refractivity contribution is 0.0547. The zero-order valence-electron chi connectivity index (χ0n) is 15.1. The van der Waals surface area contributed by atoms with Crippen LogP contribution in [0.5, 0.6) is 0 Å². The molecule has 0 amide bonds. The van der Waals surface area contributed by atoms with E-state index < -0.39 is 23.9 Å². The molecule has 0 radical (unpaired) electrons. The van der Waals surface area contributed by atoms with E-state index in [9.17, 15) is 18.0 Å². The highest BCUT2D eigenvalue weighted by molar-refractivity contribution is 5.97. The topological polar surface area (TPSA) is 57.2 Å². The lowest BCUT2D eigenvalue weighted by Crippen LogP contribution is -2.27. The number of hydrogen-bond acceptors (Lipinski definition) is 3. The normalized spacial score (nSPS) is 12.0. The number of halogens is 3. The van der Waals surface area contributed by atoms with Crippen molar-refractivity contribution in [3.63, 3.8) is 0 Å². The van der Waals surface area contributed by atoms with Crippen LogP contribution in [0, 0.1) is 5.82 Å². The summed E-state index contributed by atoms with van der Waals surface area (Å²) in [6, 6.07) is 9.34. The number of benzene rings is 2. The third-order valence-corrected chi connectivity index (χ3v) is 3.93. The number of rotatable bonds is 2. The zero-order valence-corrected chi connectivity index (χ0v) is 15.1. The predicted molar refractivity (Wildman–Crippen MR) is 98.3 cm³/mol. The Labute approximate surface area is 154 Å². The smallest absolute Gasteiger partial charge is 0.419 e. The average molecular weight is 376 g/mol. The van der Waals surface area contributed by atoms with Crippen molar-refractivity contribution in [3.8, 4) is 11.3 Å². The highest BCUT2D eigenvalue weighted by Gasteiger charge is 2.25. The summed E-state index contributed by atoms with van der Waals surface area (Å²) in [6.45, 7) is 5.08. The number of hydrogen-bond donors (Lipinski definition) is 1. The SMILES string of the molecule is CC(C)(C)OC(=O)n1c(-c2cc(F)ccc2C(F)F)cc2ccc(N)cc21. The fourth-order valence-corrected chi connectivity index (χ4v) is 2.86. The van der Waals surface area contributed by atoms with Crippen LogP contribution >= 0.6 is 0 Å². The van der Waals surface area contributed by atoms with Gasteiger partial charge in [-0.1, -0.05) is 6.07 Å². The number of nitrogen functional groups attached to an aromatic ring is 1. The Balaban J connectivity index is 2.32. The number of anilines is 1. The molecule has 3 aromatic rings. The molecule has 0 aliphatic heterocycles. The molecule has 27 heavy (non-hydrogen) atoms. The number of carbonyl (C=O) groups excluding carboxylic acids is 1. The Kier molecular flexibility index (Phi) is 4.63. The van der Waals surface area contributed by atoms with Gasteiger partial charge in [0, 0.05) is 22.2 Å². The van der Waals surface area contributed by atoms with Gasteiger partial charge >= 0.3 is 6.09 Å². The molecule has 3 rings (SSSR count). The van der Waals surface area contributed by atoms with Gasteiger partial charge in [-0.3, -0.25) is 0 Å². The van der Waals surface area contributed by atoms with Crippen LogP contribution in [0.4, 0.5) is 23.7 Å². The van der Waals surface area contributed by atoms with Gasteiger partial charge in [0.25, 0.3) is 6.43 Å². The third-order valence-electron chi connectivity index (χ3n) is 3.93. The molecule has 0 unspecified atom stereocenters. The number of carbonyl (C=O) groups is 1. The summed E-state index contributed by atoms with van der Waals surface area (Å²) in [6.07, 6.45) is -3.60. The maximum absolute atomic E-state index is 13.8. The Morgan fingerprint density at radius 3 is 2.44 bits per heavy atom. The van der Waals surface area contributed by atoms with E-state index in [0.29, 0.717) is 16.6 Å². The second-order valence-electron chi connectivity index (χ2n) is 7.20. The first-order chi connectivity index (χ1) is 12.6. The lowest BCUT2D eigenvalue weighted by Gasteiger charge is -2.21. The van der Waals surface area contributed by atoms with Crippen LogP contribution in [-0.2, 0) is 4.74 Å². The number of aromatic nitrogens is 1. The maximum atomic E-state index is 13.8. The van der Waals surface area contributed by atoms with E-state index in [-0.39, 0.29) is 16.8 Å². The van der Waals surface area contributed by atoms with Crippen LogP contribution in [0.25, 0.3) is 22.2 Å². The molecule has 0 saturated carbocycles. The Morgan fingerprint density at radius 2 is 1.81 bits per heavy atom. The molecule has 0 saturated heterocycles. The van der Waals surface area contributed by atoms with Gasteiger partial charge in [0.2, 0.25) is 0 Å². The predicted octanol–water partition coefficient (Wildman–Crippen LogP) is 5.75. The fraction of sp³-hybridized carbons (Fsp3) is 0.250. The number of ether oxygens (including phenoxy) is 1. The van der Waals surface area contributed by atoms with Crippen molar-refractivity contribution >= 4 is 22.7 Å². The molecule has 0 spiro atoms. The quantitative estimate of drug-likeness (QED) is 0.579. The van der Waals surface area contributed by atoms with Gasteiger partial charge < -0.3 is 10.5 Å². The Hall–Kier alpha value is -2.96. The minimum atomic E-state index is -2.84. The van der Waals surface area contributed by atoms with Crippen molar-refractivity contribution in [2.24, 2.45) is 0 Å². The van der Waals surface area contributed by atoms with E-state index in [1.807, 2.05) is 0 Å². The van der Waals surface area contributed by atoms with Crippen molar-refractivity contribution in [2.45, 2.75) is 32.8 Å². The van der Waals surface area contributed by atoms with Crippen LogP contribution in [0.3, 0.4) is 0 Å². The molecule has 2 N–H and O–H groups in total. The minimum Gasteiger partial charge on any atom is -0.443 e. The number of fused-ring (bicyclic) bond motifs is 1. The van der Waals surface area contributed by atoms with Crippen molar-refractivity contribution < 1.29 is 22.7 Å². The molecule has 4 nitrogen and oxygen atoms in total. The van der Waals surface area contributed by atoms with E-state index >= 15 is 0 Å². The molecule has 1 heterocycles. The summed E-state index contributed by atoms with van der Waals surface area (Å²) < 4.78 is 47.4. The standard InChI is InChI=1S/C20H19F3N2O2/c1-20(2,3)27-19(26)25-16-10-13(24)6-4-11(16)8-17(25)15-9-12(21)5-7-14(15)18(22)23/h4-10,18H,24H2,1-3H3. The first-order valence-corrected chi connectivity index (χ1v) is 8.29. The second kappa shape index (κ2) is 6.64. The van der Waals surface area contributed by atoms with Gasteiger partial charge in [-0.2, -0.15) is 0 Å². The van der Waals surface area contributed by atoms with Gasteiger partial charge in [-0.05, 0) is 57.2 Å². The largest absolute Gasteiger partial charge is 0.443 e. The summed E-state index contributed by atoms with van der Waals surface area (Å²) in [5.41, 5.74) is 5.46. The van der Waals surface area contributed by atoms with Crippen molar-refractivity contribution in [1.29, 1.82) is 0 Å². The highest BCUT2D eigenvalue weighted by atomic mass is 19.3. The van der Waals surface area contributed by atoms with Crippen molar-refractivity contribution in [3.05, 3.63) is 53.8 Å². The molecule has 0 aliphatic carbocycles. The maximum Gasteiger partial charge on any atom is 0.419 e. The molecule has 0 bridgehead atoms. The Bertz CT molecular complexity index is 1020. The highest BCUT2D eigenvalue weighted by Crippen LogP contribution is 2.36. The van der Waals surface area contributed by atoms with Gasteiger partial charge in [0.05, 0.1) is 11.2 Å². The monoisotopic (exact) mass is 376 g/mol. The van der Waals surface area contributed by atoms with E-state index in [4.69, 9.17) is 10.5 Å². The average Bonchev–Trinajstić information content (AvgIpc) is 2.91. The van der Waals surface area contributed by atoms with Crippen LogP contribution in [0.2, 0.25) is 0 Å². The summed E-state index contributed by atoms with van der Waals surface area (Å²) in [5, 5.41) is 0.592. The summed E-state index contributed by atoms with van der Waals surface area (Å²) in [4.78, 5) is 12.8. The molecule has 7 heteroatoms. The van der Waals surface area contributed by atoms with Crippen LogP contribution in [-0.4, -0.2) is 16.3 Å². The molecule has 1 aromatic heterocycles. The van der Waals surface area contributed by atoms with Gasteiger partial charge in [-0.25, -0.2) is 22.5 Å². The summed E-state index contributed by atoms with van der Waals surface area (Å²) >= 11 is 0. The summed E-state index contributed by atoms with van der Waals surface area (Å²) in [5.74, 6) is -0.685. The van der Waals surface area contributed by atoms with E-state index in [0.717, 1.165) is 22.8 Å². The van der Waals surface area contributed by atoms with Crippen LogP contribution in [0.1, 0.15) is 32.8 Å². The van der Waals surface area contributed by atoms with E-state index in [1.54, 1.807) is 45.0 Å². The van der Waals surface area contributed by atoms with Gasteiger partial charge in [0.1, 0.15) is 11.4 Å². The molecule has 0 aliphatic rings. The third kappa shape index (κ3) is 3.77. The zero-order chi connectivity index (χ0) is 19.9. The second-order valence-corrected chi connectivity index (χ2v) is 7.20.